The molecule has 0 aliphatic rings. The highest BCUT2D eigenvalue weighted by Gasteiger charge is 2.17. The lowest BCUT2D eigenvalue weighted by Gasteiger charge is -2.16. The van der Waals surface area contributed by atoms with Gasteiger partial charge in [0.25, 0.3) is 0 Å². The number of ether oxygens (including phenoxy) is 1. The third kappa shape index (κ3) is 2.94. The van der Waals surface area contributed by atoms with E-state index in [1.807, 2.05) is 30.3 Å². The summed E-state index contributed by atoms with van der Waals surface area (Å²) >= 11 is 3.33. The zero-order valence-corrected chi connectivity index (χ0v) is 12.0. The van der Waals surface area contributed by atoms with Gasteiger partial charge in [-0.3, -0.25) is 0 Å². The van der Waals surface area contributed by atoms with Gasteiger partial charge >= 0.3 is 0 Å². The van der Waals surface area contributed by atoms with Crippen LogP contribution in [0.3, 0.4) is 0 Å². The Hall–Kier alpha value is -1.26. The van der Waals surface area contributed by atoms with E-state index in [2.05, 4.69) is 34.2 Å². The summed E-state index contributed by atoms with van der Waals surface area (Å²) < 4.78 is 11.6. The molecular weight excluding hydrogens is 294 g/mol. The first-order chi connectivity index (χ1) is 8.74. The summed E-state index contributed by atoms with van der Waals surface area (Å²) in [5.74, 6) is 1.73. The molecule has 2 aromatic rings. The molecule has 96 valence electrons. The van der Waals surface area contributed by atoms with Gasteiger partial charge in [0.05, 0.1) is 13.2 Å². The number of hydrogen-bond acceptors (Lipinski definition) is 3. The van der Waals surface area contributed by atoms with Crippen LogP contribution in [0.2, 0.25) is 0 Å². The second-order valence-electron chi connectivity index (χ2n) is 3.91. The molecule has 0 spiro atoms. The van der Waals surface area contributed by atoms with E-state index < -0.39 is 0 Å². The molecule has 0 aliphatic heterocycles. The van der Waals surface area contributed by atoms with E-state index in [0.717, 1.165) is 28.3 Å². The average molecular weight is 310 g/mol. The molecule has 1 aromatic heterocycles. The number of furan rings is 1. The number of rotatable bonds is 5. The number of halogens is 1. The maximum atomic E-state index is 5.64. The van der Waals surface area contributed by atoms with Gasteiger partial charge in [-0.1, -0.05) is 19.1 Å². The molecule has 0 saturated heterocycles. The van der Waals surface area contributed by atoms with Gasteiger partial charge in [-0.15, -0.1) is 0 Å². The molecule has 1 aromatic carbocycles. The van der Waals surface area contributed by atoms with Gasteiger partial charge < -0.3 is 14.5 Å². The quantitative estimate of drug-likeness (QED) is 0.913. The molecule has 1 unspecified atom stereocenters. The SMILES string of the molecule is CCNC(c1cccc(OC)c1)c1ccc(Br)o1. The van der Waals surface area contributed by atoms with Crippen molar-refractivity contribution in [1.29, 1.82) is 0 Å². The Morgan fingerprint density at radius 2 is 2.17 bits per heavy atom. The van der Waals surface area contributed by atoms with Gasteiger partial charge in [0.1, 0.15) is 11.5 Å². The standard InChI is InChI=1S/C14H16BrNO2/c1-3-16-14(12-7-8-13(15)18-12)10-5-4-6-11(9-10)17-2/h4-9,14,16H,3H2,1-2H3. The smallest absolute Gasteiger partial charge is 0.169 e. The highest BCUT2D eigenvalue weighted by molar-refractivity contribution is 9.10. The first kappa shape index (κ1) is 13.2. The van der Waals surface area contributed by atoms with E-state index in [4.69, 9.17) is 9.15 Å². The van der Waals surface area contributed by atoms with Crippen molar-refractivity contribution < 1.29 is 9.15 Å². The lowest BCUT2D eigenvalue weighted by atomic mass is 10.0. The van der Waals surface area contributed by atoms with Gasteiger partial charge in [-0.25, -0.2) is 0 Å². The van der Waals surface area contributed by atoms with Crippen LogP contribution in [-0.2, 0) is 0 Å². The van der Waals surface area contributed by atoms with Crippen LogP contribution in [0.1, 0.15) is 24.3 Å². The summed E-state index contributed by atoms with van der Waals surface area (Å²) in [5.41, 5.74) is 1.12. The Morgan fingerprint density at radius 1 is 1.33 bits per heavy atom. The lowest BCUT2D eigenvalue weighted by molar-refractivity contribution is 0.410. The van der Waals surface area contributed by atoms with Crippen LogP contribution in [0, 0.1) is 0 Å². The third-order valence-electron chi connectivity index (χ3n) is 2.71. The van der Waals surface area contributed by atoms with Crippen molar-refractivity contribution in [3.05, 3.63) is 52.4 Å². The first-order valence-corrected chi connectivity index (χ1v) is 6.66. The maximum Gasteiger partial charge on any atom is 0.169 e. The zero-order valence-electron chi connectivity index (χ0n) is 10.4. The second-order valence-corrected chi connectivity index (χ2v) is 4.69. The molecule has 4 heteroatoms. The molecule has 0 fully saturated rings. The van der Waals surface area contributed by atoms with Crippen molar-refractivity contribution in [2.24, 2.45) is 0 Å². The van der Waals surface area contributed by atoms with E-state index in [1.54, 1.807) is 7.11 Å². The summed E-state index contributed by atoms with van der Waals surface area (Å²) in [6.45, 7) is 2.94. The van der Waals surface area contributed by atoms with E-state index in [-0.39, 0.29) is 6.04 Å². The van der Waals surface area contributed by atoms with Crippen molar-refractivity contribution in [2.75, 3.05) is 13.7 Å². The minimum absolute atomic E-state index is 0.0383. The summed E-state index contributed by atoms with van der Waals surface area (Å²) in [4.78, 5) is 0. The maximum absolute atomic E-state index is 5.64. The second kappa shape index (κ2) is 6.07. The van der Waals surface area contributed by atoms with Crippen LogP contribution in [0.5, 0.6) is 5.75 Å². The number of hydrogen-bond donors (Lipinski definition) is 1. The van der Waals surface area contributed by atoms with Crippen LogP contribution >= 0.6 is 15.9 Å². The minimum Gasteiger partial charge on any atom is -0.497 e. The normalized spacial score (nSPS) is 12.4. The molecule has 3 nitrogen and oxygen atoms in total. The third-order valence-corrected chi connectivity index (χ3v) is 3.14. The van der Waals surface area contributed by atoms with Crippen molar-refractivity contribution in [3.63, 3.8) is 0 Å². The Kier molecular flexibility index (Phi) is 4.44. The molecular formula is C14H16BrNO2. The lowest BCUT2D eigenvalue weighted by Crippen LogP contribution is -2.21. The molecule has 1 N–H and O–H groups in total. The molecule has 0 aliphatic carbocycles. The highest BCUT2D eigenvalue weighted by Crippen LogP contribution is 2.28. The topological polar surface area (TPSA) is 34.4 Å². The largest absolute Gasteiger partial charge is 0.497 e. The average Bonchev–Trinajstić information content (AvgIpc) is 2.82. The van der Waals surface area contributed by atoms with Crippen LogP contribution in [-0.4, -0.2) is 13.7 Å². The Balaban J connectivity index is 2.34. The van der Waals surface area contributed by atoms with Gasteiger partial charge in [0.2, 0.25) is 0 Å². The Bertz CT molecular complexity index is 510. The van der Waals surface area contributed by atoms with Crippen LogP contribution < -0.4 is 10.1 Å². The number of nitrogens with one attached hydrogen (secondary N) is 1. The van der Waals surface area contributed by atoms with Gasteiger partial charge in [0, 0.05) is 0 Å². The van der Waals surface area contributed by atoms with E-state index in [9.17, 15) is 0 Å². The molecule has 2 rings (SSSR count). The predicted molar refractivity (Wildman–Crippen MR) is 74.9 cm³/mol. The van der Waals surface area contributed by atoms with E-state index in [1.165, 1.54) is 0 Å². The molecule has 0 bridgehead atoms. The van der Waals surface area contributed by atoms with Crippen LogP contribution in [0.25, 0.3) is 0 Å². The molecule has 0 amide bonds. The fraction of sp³-hybridized carbons (Fsp3) is 0.286. The van der Waals surface area contributed by atoms with Crippen LogP contribution in [0.15, 0.2) is 45.5 Å². The Morgan fingerprint density at radius 3 is 2.78 bits per heavy atom. The van der Waals surface area contributed by atoms with E-state index >= 15 is 0 Å². The zero-order chi connectivity index (χ0) is 13.0. The summed E-state index contributed by atoms with van der Waals surface area (Å²) in [7, 11) is 1.67. The van der Waals surface area contributed by atoms with Crippen molar-refractivity contribution in [2.45, 2.75) is 13.0 Å². The van der Waals surface area contributed by atoms with Crippen molar-refractivity contribution in [1.82, 2.24) is 5.32 Å². The van der Waals surface area contributed by atoms with Gasteiger partial charge in [-0.2, -0.15) is 0 Å². The predicted octanol–water partition coefficient (Wildman–Crippen LogP) is 3.75. The van der Waals surface area contributed by atoms with Crippen LogP contribution in [0.4, 0.5) is 0 Å². The molecule has 0 radical (unpaired) electrons. The summed E-state index contributed by atoms with van der Waals surface area (Å²) in [6.07, 6.45) is 0. The fourth-order valence-electron chi connectivity index (χ4n) is 1.89. The summed E-state index contributed by atoms with van der Waals surface area (Å²) in [5, 5.41) is 3.41. The molecule has 0 saturated carbocycles. The number of benzene rings is 1. The first-order valence-electron chi connectivity index (χ1n) is 5.87. The molecule has 18 heavy (non-hydrogen) atoms. The van der Waals surface area contributed by atoms with E-state index in [0.29, 0.717) is 0 Å². The summed E-state index contributed by atoms with van der Waals surface area (Å²) in [6, 6.07) is 11.9. The molecule has 1 heterocycles. The number of methoxy groups -OCH3 is 1. The van der Waals surface area contributed by atoms with Gasteiger partial charge in [0.15, 0.2) is 4.67 Å². The van der Waals surface area contributed by atoms with Crippen molar-refractivity contribution >= 4 is 15.9 Å². The highest BCUT2D eigenvalue weighted by atomic mass is 79.9. The Labute approximate surface area is 115 Å². The fourth-order valence-corrected chi connectivity index (χ4v) is 2.21. The monoisotopic (exact) mass is 309 g/mol. The van der Waals surface area contributed by atoms with Crippen molar-refractivity contribution in [3.8, 4) is 5.75 Å². The molecule has 1 atom stereocenters. The van der Waals surface area contributed by atoms with Gasteiger partial charge in [-0.05, 0) is 52.3 Å². The minimum atomic E-state index is 0.0383.